The van der Waals surface area contributed by atoms with Gasteiger partial charge in [-0.05, 0) is 23.8 Å². The van der Waals surface area contributed by atoms with Gasteiger partial charge in [-0.15, -0.1) is 0 Å². The van der Waals surface area contributed by atoms with Crippen LogP contribution in [0.2, 0.25) is 5.02 Å². The second-order valence-corrected chi connectivity index (χ2v) is 5.51. The van der Waals surface area contributed by atoms with Gasteiger partial charge in [0, 0.05) is 21.6 Å². The number of nitrogens with two attached hydrogens (primary N) is 1. The van der Waals surface area contributed by atoms with Crippen LogP contribution < -0.4 is 5.73 Å². The summed E-state index contributed by atoms with van der Waals surface area (Å²) in [5.74, 6) is 0. The Morgan fingerprint density at radius 3 is 2.42 bits per heavy atom. The lowest BCUT2D eigenvalue weighted by Crippen LogP contribution is -2.16. The Morgan fingerprint density at radius 2 is 1.79 bits per heavy atom. The van der Waals surface area contributed by atoms with E-state index in [0.29, 0.717) is 18.2 Å². The van der Waals surface area contributed by atoms with Crippen molar-refractivity contribution in [2.75, 3.05) is 6.54 Å². The van der Waals surface area contributed by atoms with Gasteiger partial charge in [-0.1, -0.05) is 57.9 Å². The lowest BCUT2D eigenvalue weighted by Gasteiger charge is -2.17. The van der Waals surface area contributed by atoms with E-state index in [-0.39, 0.29) is 6.10 Å². The van der Waals surface area contributed by atoms with Crippen LogP contribution in [0, 0.1) is 0 Å². The van der Waals surface area contributed by atoms with Gasteiger partial charge in [-0.2, -0.15) is 0 Å². The van der Waals surface area contributed by atoms with Crippen LogP contribution >= 0.6 is 27.5 Å². The normalized spacial score (nSPS) is 12.4. The Hall–Kier alpha value is -0.870. The molecule has 0 aliphatic carbocycles. The molecule has 2 rings (SSSR count). The van der Waals surface area contributed by atoms with E-state index in [4.69, 9.17) is 22.1 Å². The number of benzene rings is 2. The third-order valence-corrected chi connectivity index (χ3v) is 3.70. The maximum atomic E-state index is 6.16. The number of ether oxygens (including phenoxy) is 1. The van der Waals surface area contributed by atoms with E-state index in [1.165, 1.54) is 0 Å². The summed E-state index contributed by atoms with van der Waals surface area (Å²) in [6.45, 7) is 0.917. The van der Waals surface area contributed by atoms with E-state index in [9.17, 15) is 0 Å². The summed E-state index contributed by atoms with van der Waals surface area (Å²) in [6.07, 6.45) is -0.183. The molecule has 4 heteroatoms. The Balaban J connectivity index is 2.04. The maximum Gasteiger partial charge on any atom is 0.0965 e. The predicted molar refractivity (Wildman–Crippen MR) is 82.2 cm³/mol. The Bertz CT molecular complexity index is 530. The van der Waals surface area contributed by atoms with E-state index in [0.717, 1.165) is 15.6 Å². The van der Waals surface area contributed by atoms with Crippen LogP contribution in [0.4, 0.5) is 0 Å². The van der Waals surface area contributed by atoms with Crippen molar-refractivity contribution in [1.29, 1.82) is 0 Å². The van der Waals surface area contributed by atoms with Crippen LogP contribution in [0.3, 0.4) is 0 Å². The maximum absolute atomic E-state index is 6.16. The summed E-state index contributed by atoms with van der Waals surface area (Å²) in [5.41, 5.74) is 7.81. The van der Waals surface area contributed by atoms with E-state index in [1.807, 2.05) is 48.5 Å². The van der Waals surface area contributed by atoms with E-state index in [2.05, 4.69) is 15.9 Å². The van der Waals surface area contributed by atoms with Crippen LogP contribution in [-0.2, 0) is 11.3 Å². The summed E-state index contributed by atoms with van der Waals surface area (Å²) in [6, 6.07) is 15.6. The largest absolute Gasteiger partial charge is 0.367 e. The molecule has 0 bridgehead atoms. The van der Waals surface area contributed by atoms with Crippen LogP contribution in [0.5, 0.6) is 0 Å². The zero-order chi connectivity index (χ0) is 13.7. The van der Waals surface area contributed by atoms with Gasteiger partial charge < -0.3 is 10.5 Å². The Kier molecular flexibility index (Phi) is 5.40. The van der Waals surface area contributed by atoms with E-state index >= 15 is 0 Å². The molecule has 2 N–H and O–H groups in total. The third kappa shape index (κ3) is 4.05. The quantitative estimate of drug-likeness (QED) is 0.880. The second kappa shape index (κ2) is 7.06. The first-order valence-electron chi connectivity index (χ1n) is 6.01. The fraction of sp³-hybridized carbons (Fsp3) is 0.200. The van der Waals surface area contributed by atoms with Crippen molar-refractivity contribution in [2.24, 2.45) is 5.73 Å². The van der Waals surface area contributed by atoms with Gasteiger partial charge in [0.15, 0.2) is 0 Å². The summed E-state index contributed by atoms with van der Waals surface area (Å²) >= 11 is 9.57. The molecule has 0 radical (unpaired) electrons. The zero-order valence-corrected chi connectivity index (χ0v) is 12.7. The molecule has 0 aromatic heterocycles. The number of hydrogen-bond acceptors (Lipinski definition) is 2. The van der Waals surface area contributed by atoms with E-state index < -0.39 is 0 Å². The van der Waals surface area contributed by atoms with Crippen molar-refractivity contribution in [3.63, 3.8) is 0 Å². The minimum atomic E-state index is -0.183. The SMILES string of the molecule is NCC(OCc1ccc(Br)cc1)c1ccccc1Cl. The van der Waals surface area contributed by atoms with Crippen LogP contribution in [0.15, 0.2) is 53.0 Å². The summed E-state index contributed by atoms with van der Waals surface area (Å²) in [7, 11) is 0. The Labute approximate surface area is 126 Å². The van der Waals surface area contributed by atoms with Crippen molar-refractivity contribution in [3.8, 4) is 0 Å². The molecule has 0 saturated carbocycles. The molecule has 0 aliphatic heterocycles. The molecule has 1 atom stereocenters. The van der Waals surface area contributed by atoms with Gasteiger partial charge in [-0.25, -0.2) is 0 Å². The second-order valence-electron chi connectivity index (χ2n) is 4.18. The van der Waals surface area contributed by atoms with Gasteiger partial charge >= 0.3 is 0 Å². The van der Waals surface area contributed by atoms with Gasteiger partial charge in [0.05, 0.1) is 12.7 Å². The molecule has 19 heavy (non-hydrogen) atoms. The molecule has 2 aromatic carbocycles. The van der Waals surface area contributed by atoms with Gasteiger partial charge in [0.2, 0.25) is 0 Å². The molecule has 2 aromatic rings. The summed E-state index contributed by atoms with van der Waals surface area (Å²) in [5, 5.41) is 0.689. The lowest BCUT2D eigenvalue weighted by molar-refractivity contribution is 0.0457. The lowest BCUT2D eigenvalue weighted by atomic mass is 10.1. The number of rotatable bonds is 5. The van der Waals surface area contributed by atoms with Gasteiger partial charge in [0.25, 0.3) is 0 Å². The Morgan fingerprint density at radius 1 is 1.11 bits per heavy atom. The standard InChI is InChI=1S/C15H15BrClNO/c16-12-7-5-11(6-8-12)10-19-15(9-18)13-3-1-2-4-14(13)17/h1-8,15H,9-10,18H2. The number of halogens is 2. The minimum Gasteiger partial charge on any atom is -0.367 e. The summed E-state index contributed by atoms with van der Waals surface area (Å²) < 4.78 is 6.91. The highest BCUT2D eigenvalue weighted by atomic mass is 79.9. The smallest absolute Gasteiger partial charge is 0.0965 e. The van der Waals surface area contributed by atoms with Crippen LogP contribution in [0.25, 0.3) is 0 Å². The average Bonchev–Trinajstić information content (AvgIpc) is 2.43. The first-order valence-corrected chi connectivity index (χ1v) is 7.18. The van der Waals surface area contributed by atoms with Crippen molar-refractivity contribution in [2.45, 2.75) is 12.7 Å². The van der Waals surface area contributed by atoms with Crippen molar-refractivity contribution in [1.82, 2.24) is 0 Å². The minimum absolute atomic E-state index is 0.183. The van der Waals surface area contributed by atoms with Gasteiger partial charge in [0.1, 0.15) is 0 Å². The molecule has 0 fully saturated rings. The predicted octanol–water partition coefficient (Wildman–Crippen LogP) is 4.32. The molecular formula is C15H15BrClNO. The molecule has 0 aliphatic rings. The fourth-order valence-corrected chi connectivity index (χ4v) is 2.32. The molecular weight excluding hydrogens is 326 g/mol. The molecule has 0 saturated heterocycles. The number of hydrogen-bond donors (Lipinski definition) is 1. The molecule has 100 valence electrons. The van der Waals surface area contributed by atoms with Crippen molar-refractivity contribution >= 4 is 27.5 Å². The molecule has 0 amide bonds. The zero-order valence-electron chi connectivity index (χ0n) is 10.4. The monoisotopic (exact) mass is 339 g/mol. The highest BCUT2D eigenvalue weighted by molar-refractivity contribution is 9.10. The highest BCUT2D eigenvalue weighted by Gasteiger charge is 2.13. The molecule has 1 unspecified atom stereocenters. The molecule has 0 heterocycles. The third-order valence-electron chi connectivity index (χ3n) is 2.83. The fourth-order valence-electron chi connectivity index (χ4n) is 1.80. The van der Waals surface area contributed by atoms with Crippen LogP contribution in [-0.4, -0.2) is 6.54 Å². The summed E-state index contributed by atoms with van der Waals surface area (Å²) in [4.78, 5) is 0. The first kappa shape index (κ1) is 14.5. The van der Waals surface area contributed by atoms with Crippen molar-refractivity contribution in [3.05, 3.63) is 69.2 Å². The van der Waals surface area contributed by atoms with Gasteiger partial charge in [-0.3, -0.25) is 0 Å². The topological polar surface area (TPSA) is 35.2 Å². The molecule has 0 spiro atoms. The van der Waals surface area contributed by atoms with Crippen molar-refractivity contribution < 1.29 is 4.74 Å². The van der Waals surface area contributed by atoms with E-state index in [1.54, 1.807) is 0 Å². The first-order chi connectivity index (χ1) is 9.20. The molecule has 2 nitrogen and oxygen atoms in total. The average molecular weight is 341 g/mol. The highest BCUT2D eigenvalue weighted by Crippen LogP contribution is 2.25. The van der Waals surface area contributed by atoms with Crippen LogP contribution in [0.1, 0.15) is 17.2 Å².